The molecular weight excluding hydrogens is 119 g/mol. The molecule has 0 aromatic carbocycles. The van der Waals surface area contributed by atoms with E-state index in [1.807, 2.05) is 0 Å². The molecule has 0 saturated carbocycles. The van der Waals surface area contributed by atoms with Crippen LogP contribution in [0.2, 0.25) is 0 Å². The highest BCUT2D eigenvalue weighted by Gasteiger charge is 2.11. The molecule has 0 bridgehead atoms. The fourth-order valence-electron chi connectivity index (χ4n) is 0.382. The van der Waals surface area contributed by atoms with Gasteiger partial charge in [0.1, 0.15) is 6.67 Å². The first-order valence-corrected chi connectivity index (χ1v) is 2.85. The van der Waals surface area contributed by atoms with Crippen LogP contribution >= 0.6 is 0 Å². The third kappa shape index (κ3) is 4.12. The van der Waals surface area contributed by atoms with E-state index >= 15 is 0 Å². The van der Waals surface area contributed by atoms with Gasteiger partial charge < -0.3 is 11.5 Å². The highest BCUT2D eigenvalue weighted by atomic mass is 19.1. The highest BCUT2D eigenvalue weighted by molar-refractivity contribution is 5.01. The molecule has 3 heteroatoms. The maximum atomic E-state index is 11.9. The Morgan fingerprint density at radius 3 is 2.56 bits per heavy atom. The SMILES string of the molecule is CC(N)(/C=C/CN)CF. The Bertz CT molecular complexity index is 99.2. The average Bonchev–Trinajstić information content (AvgIpc) is 1.84. The van der Waals surface area contributed by atoms with Crippen LogP contribution in [0.3, 0.4) is 0 Å². The van der Waals surface area contributed by atoms with Gasteiger partial charge >= 0.3 is 0 Å². The predicted molar refractivity (Wildman–Crippen MR) is 36.8 cm³/mol. The lowest BCUT2D eigenvalue weighted by atomic mass is 10.1. The van der Waals surface area contributed by atoms with E-state index in [1.54, 1.807) is 19.1 Å². The van der Waals surface area contributed by atoms with E-state index in [1.165, 1.54) is 0 Å². The Balaban J connectivity index is 3.70. The zero-order chi connectivity index (χ0) is 7.33. The van der Waals surface area contributed by atoms with Crippen molar-refractivity contribution in [2.24, 2.45) is 11.5 Å². The second-order valence-electron chi connectivity index (χ2n) is 2.28. The van der Waals surface area contributed by atoms with Crippen LogP contribution in [-0.4, -0.2) is 18.8 Å². The van der Waals surface area contributed by atoms with Gasteiger partial charge in [-0.2, -0.15) is 0 Å². The van der Waals surface area contributed by atoms with Gasteiger partial charge in [-0.15, -0.1) is 0 Å². The van der Waals surface area contributed by atoms with Crippen LogP contribution in [-0.2, 0) is 0 Å². The van der Waals surface area contributed by atoms with E-state index in [4.69, 9.17) is 11.5 Å². The van der Waals surface area contributed by atoms with Crippen molar-refractivity contribution >= 4 is 0 Å². The molecule has 0 aliphatic carbocycles. The molecule has 1 unspecified atom stereocenters. The molecular formula is C6H13FN2. The van der Waals surface area contributed by atoms with Crippen molar-refractivity contribution in [3.05, 3.63) is 12.2 Å². The molecule has 0 saturated heterocycles. The number of rotatable bonds is 3. The van der Waals surface area contributed by atoms with Crippen molar-refractivity contribution in [1.82, 2.24) is 0 Å². The first kappa shape index (κ1) is 8.59. The molecule has 0 radical (unpaired) electrons. The monoisotopic (exact) mass is 132 g/mol. The normalized spacial score (nSPS) is 18.2. The van der Waals surface area contributed by atoms with E-state index in [9.17, 15) is 4.39 Å². The Morgan fingerprint density at radius 2 is 2.22 bits per heavy atom. The number of alkyl halides is 1. The van der Waals surface area contributed by atoms with Crippen LogP contribution in [0, 0.1) is 0 Å². The molecule has 54 valence electrons. The van der Waals surface area contributed by atoms with E-state index < -0.39 is 12.2 Å². The van der Waals surface area contributed by atoms with Crippen molar-refractivity contribution < 1.29 is 4.39 Å². The molecule has 0 spiro atoms. The quantitative estimate of drug-likeness (QED) is 0.538. The van der Waals surface area contributed by atoms with Gasteiger partial charge in [-0.3, -0.25) is 0 Å². The standard InChI is InChI=1S/C6H13FN2/c1-6(9,5-7)3-2-4-8/h2-3H,4-5,8-9H2,1H3/b3-2+. The molecule has 4 N–H and O–H groups in total. The number of hydrogen-bond donors (Lipinski definition) is 2. The molecule has 0 fully saturated rings. The first-order valence-electron chi connectivity index (χ1n) is 2.85. The van der Waals surface area contributed by atoms with E-state index in [0.29, 0.717) is 6.54 Å². The maximum Gasteiger partial charge on any atom is 0.111 e. The predicted octanol–water partition coefficient (Wildman–Crippen LogP) is 0.188. The highest BCUT2D eigenvalue weighted by Crippen LogP contribution is 2.00. The lowest BCUT2D eigenvalue weighted by Gasteiger charge is -2.13. The summed E-state index contributed by atoms with van der Waals surface area (Å²) in [6, 6.07) is 0. The minimum absolute atomic E-state index is 0.410. The minimum Gasteiger partial charge on any atom is -0.327 e. The van der Waals surface area contributed by atoms with Gasteiger partial charge in [-0.1, -0.05) is 12.2 Å². The Hall–Kier alpha value is -0.410. The van der Waals surface area contributed by atoms with Gasteiger partial charge in [0.15, 0.2) is 0 Å². The fourth-order valence-corrected chi connectivity index (χ4v) is 0.382. The Labute approximate surface area is 54.7 Å². The largest absolute Gasteiger partial charge is 0.327 e. The van der Waals surface area contributed by atoms with E-state index in [2.05, 4.69) is 0 Å². The summed E-state index contributed by atoms with van der Waals surface area (Å²) in [5.41, 5.74) is 9.68. The van der Waals surface area contributed by atoms with Crippen molar-refractivity contribution in [3.63, 3.8) is 0 Å². The maximum absolute atomic E-state index is 11.9. The van der Waals surface area contributed by atoms with Gasteiger partial charge in [0.05, 0.1) is 5.54 Å². The molecule has 0 heterocycles. The molecule has 0 aromatic rings. The third-order valence-electron chi connectivity index (χ3n) is 0.923. The summed E-state index contributed by atoms with van der Waals surface area (Å²) >= 11 is 0. The van der Waals surface area contributed by atoms with Gasteiger partial charge in [-0.05, 0) is 6.92 Å². The average molecular weight is 132 g/mol. The van der Waals surface area contributed by atoms with Gasteiger partial charge in [0.25, 0.3) is 0 Å². The molecule has 0 aromatic heterocycles. The Kier molecular flexibility index (Phi) is 3.42. The van der Waals surface area contributed by atoms with Crippen molar-refractivity contribution in [3.8, 4) is 0 Å². The van der Waals surface area contributed by atoms with Crippen molar-refractivity contribution in [2.75, 3.05) is 13.2 Å². The fraction of sp³-hybridized carbons (Fsp3) is 0.667. The molecule has 2 nitrogen and oxygen atoms in total. The van der Waals surface area contributed by atoms with Crippen molar-refractivity contribution in [2.45, 2.75) is 12.5 Å². The zero-order valence-electron chi connectivity index (χ0n) is 5.60. The summed E-state index contributed by atoms with van der Waals surface area (Å²) in [6.07, 6.45) is 3.23. The first-order chi connectivity index (χ1) is 4.12. The third-order valence-corrected chi connectivity index (χ3v) is 0.923. The molecule has 0 amide bonds. The number of nitrogens with two attached hydrogens (primary N) is 2. The van der Waals surface area contributed by atoms with Crippen LogP contribution in [0.1, 0.15) is 6.92 Å². The number of hydrogen-bond acceptors (Lipinski definition) is 2. The van der Waals surface area contributed by atoms with Crippen molar-refractivity contribution in [1.29, 1.82) is 0 Å². The summed E-state index contributed by atoms with van der Waals surface area (Å²) in [7, 11) is 0. The van der Waals surface area contributed by atoms with Crippen LogP contribution < -0.4 is 11.5 Å². The lowest BCUT2D eigenvalue weighted by Crippen LogP contribution is -2.36. The van der Waals surface area contributed by atoms with Crippen LogP contribution in [0.4, 0.5) is 4.39 Å². The topological polar surface area (TPSA) is 52.0 Å². The summed E-state index contributed by atoms with van der Waals surface area (Å²) in [6.45, 7) is 1.47. The van der Waals surface area contributed by atoms with Crippen LogP contribution in [0.25, 0.3) is 0 Å². The second-order valence-corrected chi connectivity index (χ2v) is 2.28. The molecule has 0 aliphatic heterocycles. The Morgan fingerprint density at radius 1 is 1.67 bits per heavy atom. The van der Waals surface area contributed by atoms with Gasteiger partial charge in [0, 0.05) is 6.54 Å². The lowest BCUT2D eigenvalue weighted by molar-refractivity contribution is 0.382. The summed E-state index contributed by atoms with van der Waals surface area (Å²) < 4.78 is 11.9. The molecule has 1 atom stereocenters. The summed E-state index contributed by atoms with van der Waals surface area (Å²) in [5, 5.41) is 0. The zero-order valence-corrected chi connectivity index (χ0v) is 5.60. The smallest absolute Gasteiger partial charge is 0.111 e. The number of halogens is 1. The van der Waals surface area contributed by atoms with Gasteiger partial charge in [0.2, 0.25) is 0 Å². The minimum atomic E-state index is -0.834. The molecule has 0 aliphatic rings. The van der Waals surface area contributed by atoms with Gasteiger partial charge in [-0.25, -0.2) is 4.39 Å². The van der Waals surface area contributed by atoms with Crippen LogP contribution in [0.5, 0.6) is 0 Å². The van der Waals surface area contributed by atoms with E-state index in [0.717, 1.165) is 0 Å². The second kappa shape index (κ2) is 3.58. The summed E-state index contributed by atoms with van der Waals surface area (Å²) in [5.74, 6) is 0. The molecule has 9 heavy (non-hydrogen) atoms. The van der Waals surface area contributed by atoms with E-state index in [-0.39, 0.29) is 0 Å². The van der Waals surface area contributed by atoms with Crippen LogP contribution in [0.15, 0.2) is 12.2 Å². The molecule has 0 rings (SSSR count). The summed E-state index contributed by atoms with van der Waals surface area (Å²) in [4.78, 5) is 0.